The molecule has 0 aliphatic carbocycles. The minimum atomic E-state index is -0.0563. The fraction of sp³-hybridized carbons (Fsp3) is 0.333. The third-order valence-electron chi connectivity index (χ3n) is 5.20. The molecule has 0 spiro atoms. The van der Waals surface area contributed by atoms with E-state index in [0.717, 1.165) is 43.1 Å². The quantitative estimate of drug-likeness (QED) is 0.383. The van der Waals surface area contributed by atoms with Crippen LogP contribution in [0.15, 0.2) is 53.9 Å². The number of nitrogens with zero attached hydrogens (tertiary/aromatic N) is 3. The Kier molecular flexibility index (Phi) is 8.46. The molecule has 2 aromatic carbocycles. The molecule has 0 saturated carbocycles. The smallest absolute Gasteiger partial charge is 0.260 e. The lowest BCUT2D eigenvalue weighted by Gasteiger charge is -2.23. The Morgan fingerprint density at radius 1 is 1.03 bits per heavy atom. The molecule has 0 bridgehead atoms. The van der Waals surface area contributed by atoms with Gasteiger partial charge in [-0.2, -0.15) is 0 Å². The molecule has 3 aromatic rings. The number of amides is 1. The Morgan fingerprint density at radius 3 is 2.32 bits per heavy atom. The van der Waals surface area contributed by atoms with Gasteiger partial charge in [-0.15, -0.1) is 11.3 Å². The van der Waals surface area contributed by atoms with Gasteiger partial charge in [0.05, 0.1) is 12.8 Å². The zero-order valence-corrected chi connectivity index (χ0v) is 19.7. The second-order valence-corrected chi connectivity index (χ2v) is 8.36. The molecule has 0 atom stereocenters. The summed E-state index contributed by atoms with van der Waals surface area (Å²) < 4.78 is 5.22. The van der Waals surface area contributed by atoms with Crippen LogP contribution in [0.1, 0.15) is 30.6 Å². The van der Waals surface area contributed by atoms with E-state index in [4.69, 9.17) is 21.3 Å². The first-order chi connectivity index (χ1) is 15.0. The number of rotatable bonds is 10. The number of hydrogen-bond acceptors (Lipinski definition) is 5. The Bertz CT molecular complexity index is 969. The number of carbonyl (C=O) groups excluding carboxylic acids is 1. The highest BCUT2D eigenvalue weighted by Crippen LogP contribution is 2.29. The number of carbonyl (C=O) groups is 1. The maximum absolute atomic E-state index is 13.4. The van der Waals surface area contributed by atoms with Crippen molar-refractivity contribution in [1.29, 1.82) is 0 Å². The fourth-order valence-electron chi connectivity index (χ4n) is 3.31. The molecule has 0 N–H and O–H groups in total. The van der Waals surface area contributed by atoms with Crippen molar-refractivity contribution in [2.75, 3.05) is 38.2 Å². The molecule has 0 radical (unpaired) electrons. The second kappa shape index (κ2) is 11.3. The highest BCUT2D eigenvalue weighted by molar-refractivity contribution is 7.14. The zero-order valence-electron chi connectivity index (χ0n) is 18.2. The van der Waals surface area contributed by atoms with Crippen LogP contribution in [0.4, 0.5) is 5.13 Å². The van der Waals surface area contributed by atoms with Gasteiger partial charge in [-0.3, -0.25) is 9.69 Å². The van der Waals surface area contributed by atoms with Crippen LogP contribution in [-0.4, -0.2) is 49.1 Å². The molecule has 7 heteroatoms. The molecule has 1 aromatic heterocycles. The maximum atomic E-state index is 13.4. The third kappa shape index (κ3) is 6.06. The number of aromatic nitrogens is 1. The van der Waals surface area contributed by atoms with Gasteiger partial charge >= 0.3 is 0 Å². The Labute approximate surface area is 193 Å². The summed E-state index contributed by atoms with van der Waals surface area (Å²) in [6.07, 6.45) is 0.874. The van der Waals surface area contributed by atoms with E-state index < -0.39 is 0 Å². The standard InChI is InChI=1S/C24H28ClN3O2S/c1-4-27(5-2)15-6-16-28(23(29)19-9-13-21(30-3)14-10-19)24-26-22(17-31-24)18-7-11-20(25)12-8-18/h7-14,17H,4-6,15-16H2,1-3H3. The maximum Gasteiger partial charge on any atom is 0.260 e. The third-order valence-corrected chi connectivity index (χ3v) is 6.31. The number of benzene rings is 2. The van der Waals surface area contributed by atoms with E-state index in [1.54, 1.807) is 24.1 Å². The van der Waals surface area contributed by atoms with Crippen molar-refractivity contribution < 1.29 is 9.53 Å². The fourth-order valence-corrected chi connectivity index (χ4v) is 4.29. The minimum Gasteiger partial charge on any atom is -0.497 e. The SMILES string of the molecule is CCN(CC)CCCN(C(=O)c1ccc(OC)cc1)c1nc(-c2ccc(Cl)cc2)cs1. The highest BCUT2D eigenvalue weighted by Gasteiger charge is 2.21. The number of thiazole rings is 1. The van der Waals surface area contributed by atoms with Gasteiger partial charge in [0, 0.05) is 28.1 Å². The Morgan fingerprint density at radius 2 is 1.71 bits per heavy atom. The molecule has 31 heavy (non-hydrogen) atoms. The van der Waals surface area contributed by atoms with Gasteiger partial charge in [0.15, 0.2) is 5.13 Å². The van der Waals surface area contributed by atoms with E-state index in [-0.39, 0.29) is 5.91 Å². The van der Waals surface area contributed by atoms with Gasteiger partial charge in [0.1, 0.15) is 5.75 Å². The van der Waals surface area contributed by atoms with Crippen LogP contribution in [0.2, 0.25) is 5.02 Å². The molecule has 164 valence electrons. The van der Waals surface area contributed by atoms with Crippen molar-refractivity contribution in [3.8, 4) is 17.0 Å². The van der Waals surface area contributed by atoms with E-state index >= 15 is 0 Å². The van der Waals surface area contributed by atoms with Crippen LogP contribution >= 0.6 is 22.9 Å². The van der Waals surface area contributed by atoms with Crippen molar-refractivity contribution in [3.63, 3.8) is 0 Å². The number of methoxy groups -OCH3 is 1. The van der Waals surface area contributed by atoms with Crippen LogP contribution in [0.3, 0.4) is 0 Å². The number of halogens is 1. The first-order valence-corrected chi connectivity index (χ1v) is 11.7. The van der Waals surface area contributed by atoms with Crippen LogP contribution in [0.5, 0.6) is 5.75 Å². The molecule has 0 fully saturated rings. The summed E-state index contributed by atoms with van der Waals surface area (Å²) in [4.78, 5) is 22.3. The lowest BCUT2D eigenvalue weighted by atomic mass is 10.2. The predicted molar refractivity (Wildman–Crippen MR) is 130 cm³/mol. The lowest BCUT2D eigenvalue weighted by molar-refractivity contribution is 0.0985. The van der Waals surface area contributed by atoms with Gasteiger partial charge in [-0.25, -0.2) is 4.98 Å². The Balaban J connectivity index is 1.84. The van der Waals surface area contributed by atoms with Gasteiger partial charge in [-0.05, 0) is 62.5 Å². The average molecular weight is 458 g/mol. The molecule has 1 heterocycles. The van der Waals surface area contributed by atoms with Crippen molar-refractivity contribution in [3.05, 3.63) is 64.5 Å². The molecule has 3 rings (SSSR count). The van der Waals surface area contributed by atoms with E-state index in [2.05, 4.69) is 18.7 Å². The summed E-state index contributed by atoms with van der Waals surface area (Å²) >= 11 is 7.49. The minimum absolute atomic E-state index is 0.0563. The van der Waals surface area contributed by atoms with Crippen molar-refractivity contribution in [1.82, 2.24) is 9.88 Å². The van der Waals surface area contributed by atoms with Crippen LogP contribution in [-0.2, 0) is 0 Å². The van der Waals surface area contributed by atoms with E-state index in [0.29, 0.717) is 22.3 Å². The summed E-state index contributed by atoms with van der Waals surface area (Å²) in [7, 11) is 1.62. The van der Waals surface area contributed by atoms with Gasteiger partial charge in [0.25, 0.3) is 5.91 Å². The molecule has 1 amide bonds. The first kappa shape index (κ1) is 23.3. The summed E-state index contributed by atoms with van der Waals surface area (Å²) in [6, 6.07) is 14.8. The lowest BCUT2D eigenvalue weighted by Crippen LogP contribution is -2.34. The largest absolute Gasteiger partial charge is 0.497 e. The van der Waals surface area contributed by atoms with Crippen molar-refractivity contribution in [2.24, 2.45) is 0 Å². The summed E-state index contributed by atoms with van der Waals surface area (Å²) in [5, 5.41) is 3.37. The predicted octanol–water partition coefficient (Wildman–Crippen LogP) is 5.85. The van der Waals surface area contributed by atoms with Crippen LogP contribution < -0.4 is 9.64 Å². The zero-order chi connectivity index (χ0) is 22.2. The second-order valence-electron chi connectivity index (χ2n) is 7.09. The van der Waals surface area contributed by atoms with E-state index in [1.165, 1.54) is 11.3 Å². The molecular weight excluding hydrogens is 430 g/mol. The van der Waals surface area contributed by atoms with Crippen molar-refractivity contribution in [2.45, 2.75) is 20.3 Å². The van der Waals surface area contributed by atoms with Gasteiger partial charge < -0.3 is 9.64 Å². The van der Waals surface area contributed by atoms with E-state index in [1.807, 2.05) is 41.8 Å². The molecule has 5 nitrogen and oxygen atoms in total. The molecule has 0 aliphatic heterocycles. The molecular formula is C24H28ClN3O2S. The van der Waals surface area contributed by atoms with Crippen LogP contribution in [0, 0.1) is 0 Å². The van der Waals surface area contributed by atoms with Gasteiger partial charge in [0.2, 0.25) is 0 Å². The van der Waals surface area contributed by atoms with E-state index in [9.17, 15) is 4.79 Å². The van der Waals surface area contributed by atoms with Crippen LogP contribution in [0.25, 0.3) is 11.3 Å². The number of ether oxygens (including phenoxy) is 1. The monoisotopic (exact) mass is 457 g/mol. The number of hydrogen-bond donors (Lipinski definition) is 0. The average Bonchev–Trinajstić information content (AvgIpc) is 3.29. The van der Waals surface area contributed by atoms with Crippen molar-refractivity contribution >= 4 is 34.0 Å². The molecule has 0 unspecified atom stereocenters. The number of anilines is 1. The molecule has 0 saturated heterocycles. The Hall–Kier alpha value is -2.41. The van der Waals surface area contributed by atoms with Gasteiger partial charge in [-0.1, -0.05) is 37.6 Å². The topological polar surface area (TPSA) is 45.7 Å². The normalized spacial score (nSPS) is 11.0. The highest BCUT2D eigenvalue weighted by atomic mass is 35.5. The molecule has 0 aliphatic rings. The summed E-state index contributed by atoms with van der Waals surface area (Å²) in [6.45, 7) is 7.86. The summed E-state index contributed by atoms with van der Waals surface area (Å²) in [5.41, 5.74) is 2.44. The summed E-state index contributed by atoms with van der Waals surface area (Å²) in [5.74, 6) is 0.670. The first-order valence-electron chi connectivity index (χ1n) is 10.5.